The standard InChI is InChI=1S/C29H21Br2N5O3/c1-2-37-21-15-19(24(30)25(31)27(21)38-14-13-32)22-20(16-33)28(34)39-29-23(22)26(17-9-5-3-6-10-17)35-36(29)18-11-7-4-8-12-18/h3-12,15,22H,2,14,34H2,1H3/t22-/m0/s1. The molecule has 1 aliphatic rings. The molecular formula is C29H21Br2N5O3. The van der Waals surface area contributed by atoms with E-state index in [0.29, 0.717) is 49.8 Å². The zero-order valence-corrected chi connectivity index (χ0v) is 23.9. The van der Waals surface area contributed by atoms with E-state index in [1.54, 1.807) is 10.7 Å². The average Bonchev–Trinajstić information content (AvgIpc) is 3.34. The van der Waals surface area contributed by atoms with Crippen molar-refractivity contribution in [1.29, 1.82) is 10.5 Å². The maximum absolute atomic E-state index is 10.3. The summed E-state index contributed by atoms with van der Waals surface area (Å²) in [4.78, 5) is 0. The van der Waals surface area contributed by atoms with Crippen molar-refractivity contribution in [2.75, 3.05) is 13.2 Å². The lowest BCUT2D eigenvalue weighted by Gasteiger charge is -2.27. The molecule has 2 N–H and O–H groups in total. The molecule has 3 aromatic carbocycles. The van der Waals surface area contributed by atoms with Gasteiger partial charge in [-0.1, -0.05) is 48.5 Å². The summed E-state index contributed by atoms with van der Waals surface area (Å²) in [5.41, 5.74) is 10.2. The second kappa shape index (κ2) is 11.2. The molecule has 0 fully saturated rings. The topological polar surface area (TPSA) is 119 Å². The molecule has 0 radical (unpaired) electrons. The SMILES string of the molecule is CCOc1cc([C@H]2C(C#N)=C(N)Oc3c2c(-c2ccccc2)nn3-c2ccccc2)c(Br)c(Br)c1OCC#N. The molecule has 0 unspecified atom stereocenters. The van der Waals surface area contributed by atoms with Crippen molar-refractivity contribution in [3.63, 3.8) is 0 Å². The predicted octanol–water partition coefficient (Wildman–Crippen LogP) is 6.58. The van der Waals surface area contributed by atoms with Gasteiger partial charge in [0.2, 0.25) is 11.8 Å². The van der Waals surface area contributed by atoms with Crippen molar-refractivity contribution >= 4 is 31.9 Å². The fraction of sp³-hybridized carbons (Fsp3) is 0.138. The van der Waals surface area contributed by atoms with Gasteiger partial charge in [0.15, 0.2) is 18.1 Å². The van der Waals surface area contributed by atoms with E-state index in [0.717, 1.165) is 11.3 Å². The summed E-state index contributed by atoms with van der Waals surface area (Å²) in [6, 6.07) is 25.3. The molecule has 4 aromatic rings. The van der Waals surface area contributed by atoms with E-state index in [4.69, 9.17) is 30.3 Å². The Morgan fingerprint density at radius 3 is 2.36 bits per heavy atom. The first-order valence-corrected chi connectivity index (χ1v) is 13.5. The van der Waals surface area contributed by atoms with Crippen molar-refractivity contribution in [2.24, 2.45) is 5.73 Å². The quantitative estimate of drug-likeness (QED) is 0.241. The Morgan fingerprint density at radius 1 is 1.03 bits per heavy atom. The van der Waals surface area contributed by atoms with Crippen molar-refractivity contribution in [3.05, 3.63) is 98.3 Å². The molecule has 1 aromatic heterocycles. The summed E-state index contributed by atoms with van der Waals surface area (Å²) in [5.74, 6) is 0.518. The number of hydrogen-bond acceptors (Lipinski definition) is 7. The first-order valence-electron chi connectivity index (χ1n) is 12.0. The van der Waals surface area contributed by atoms with Gasteiger partial charge < -0.3 is 19.9 Å². The van der Waals surface area contributed by atoms with Gasteiger partial charge >= 0.3 is 0 Å². The summed E-state index contributed by atoms with van der Waals surface area (Å²) >= 11 is 7.31. The Kier molecular flexibility index (Phi) is 7.60. The Labute approximate surface area is 242 Å². The highest BCUT2D eigenvalue weighted by Crippen LogP contribution is 2.53. The zero-order chi connectivity index (χ0) is 27.5. The van der Waals surface area contributed by atoms with Crippen LogP contribution in [0.4, 0.5) is 0 Å². The summed E-state index contributed by atoms with van der Waals surface area (Å²) in [6.07, 6.45) is 0. The number of nitrogens with zero attached hydrogens (tertiary/aromatic N) is 4. The van der Waals surface area contributed by atoms with E-state index >= 15 is 0 Å². The van der Waals surface area contributed by atoms with Gasteiger partial charge in [0.1, 0.15) is 23.4 Å². The first kappa shape index (κ1) is 26.4. The molecule has 10 heteroatoms. The third-order valence-electron chi connectivity index (χ3n) is 6.14. The van der Waals surface area contributed by atoms with E-state index in [-0.39, 0.29) is 18.1 Å². The fourth-order valence-electron chi connectivity index (χ4n) is 4.52. The molecule has 194 valence electrons. The molecule has 8 nitrogen and oxygen atoms in total. The minimum atomic E-state index is -0.665. The molecule has 0 saturated carbocycles. The molecule has 2 heterocycles. The molecule has 0 amide bonds. The van der Waals surface area contributed by atoms with Crippen LogP contribution in [0.3, 0.4) is 0 Å². The number of hydrogen-bond donors (Lipinski definition) is 1. The third-order valence-corrected chi connectivity index (χ3v) is 8.29. The number of allylic oxidation sites excluding steroid dienone is 1. The zero-order valence-electron chi connectivity index (χ0n) is 20.7. The van der Waals surface area contributed by atoms with Gasteiger partial charge in [-0.15, -0.1) is 0 Å². The molecule has 0 bridgehead atoms. The third kappa shape index (κ3) is 4.74. The largest absolute Gasteiger partial charge is 0.490 e. The van der Waals surface area contributed by atoms with E-state index in [1.807, 2.05) is 73.7 Å². The molecule has 1 aliphatic heterocycles. The Bertz CT molecular complexity index is 1650. The van der Waals surface area contributed by atoms with Crippen LogP contribution in [0.5, 0.6) is 17.4 Å². The van der Waals surface area contributed by atoms with Gasteiger partial charge in [0, 0.05) is 10.0 Å². The molecule has 0 aliphatic carbocycles. The number of halogens is 2. The summed E-state index contributed by atoms with van der Waals surface area (Å²) in [6.45, 7) is 2.05. The average molecular weight is 647 g/mol. The van der Waals surface area contributed by atoms with Crippen LogP contribution in [-0.2, 0) is 0 Å². The summed E-state index contributed by atoms with van der Waals surface area (Å²) in [5, 5.41) is 24.3. The number of para-hydroxylation sites is 1. The summed E-state index contributed by atoms with van der Waals surface area (Å²) < 4.78 is 20.6. The predicted molar refractivity (Wildman–Crippen MR) is 152 cm³/mol. The van der Waals surface area contributed by atoms with Crippen LogP contribution in [0, 0.1) is 22.7 Å². The van der Waals surface area contributed by atoms with Crippen LogP contribution in [-0.4, -0.2) is 23.0 Å². The number of nitriles is 2. The lowest BCUT2D eigenvalue weighted by atomic mass is 9.83. The molecule has 0 saturated heterocycles. The number of fused-ring (bicyclic) bond motifs is 1. The maximum atomic E-state index is 10.3. The first-order chi connectivity index (χ1) is 19.0. The highest BCUT2D eigenvalue weighted by atomic mass is 79.9. The summed E-state index contributed by atoms with van der Waals surface area (Å²) in [7, 11) is 0. The number of rotatable bonds is 7. The lowest BCUT2D eigenvalue weighted by molar-refractivity contribution is 0.296. The van der Waals surface area contributed by atoms with Crippen molar-refractivity contribution in [3.8, 4) is 46.5 Å². The Morgan fingerprint density at radius 2 is 1.72 bits per heavy atom. The molecule has 39 heavy (non-hydrogen) atoms. The second-order valence-corrected chi connectivity index (χ2v) is 9.99. The van der Waals surface area contributed by atoms with Gasteiger partial charge in [0.25, 0.3) is 0 Å². The number of benzene rings is 3. The number of ether oxygens (including phenoxy) is 3. The maximum Gasteiger partial charge on any atom is 0.229 e. The fourth-order valence-corrected chi connectivity index (χ4v) is 5.58. The van der Waals surface area contributed by atoms with Crippen LogP contribution in [0.25, 0.3) is 16.9 Å². The highest BCUT2D eigenvalue weighted by Gasteiger charge is 2.39. The molecule has 1 atom stereocenters. The van der Waals surface area contributed by atoms with Gasteiger partial charge in [0.05, 0.1) is 28.2 Å². The van der Waals surface area contributed by atoms with Gasteiger partial charge in [-0.25, -0.2) is 0 Å². The van der Waals surface area contributed by atoms with Gasteiger partial charge in [-0.3, -0.25) is 0 Å². The minimum Gasteiger partial charge on any atom is -0.490 e. The number of aromatic nitrogens is 2. The lowest BCUT2D eigenvalue weighted by Crippen LogP contribution is -2.22. The van der Waals surface area contributed by atoms with Crippen LogP contribution in [0.2, 0.25) is 0 Å². The van der Waals surface area contributed by atoms with Crippen LogP contribution in [0.15, 0.2) is 87.1 Å². The smallest absolute Gasteiger partial charge is 0.229 e. The van der Waals surface area contributed by atoms with Crippen molar-refractivity contribution in [2.45, 2.75) is 12.8 Å². The minimum absolute atomic E-state index is 0.0162. The molecular weight excluding hydrogens is 626 g/mol. The Hall–Kier alpha value is -4.25. The van der Waals surface area contributed by atoms with Crippen LogP contribution in [0.1, 0.15) is 24.0 Å². The van der Waals surface area contributed by atoms with Gasteiger partial charge in [-0.05, 0) is 62.5 Å². The van der Waals surface area contributed by atoms with E-state index in [1.165, 1.54) is 0 Å². The van der Waals surface area contributed by atoms with E-state index in [9.17, 15) is 5.26 Å². The Balaban J connectivity index is 1.83. The second-order valence-electron chi connectivity index (χ2n) is 8.41. The highest BCUT2D eigenvalue weighted by molar-refractivity contribution is 9.13. The van der Waals surface area contributed by atoms with Crippen molar-refractivity contribution < 1.29 is 14.2 Å². The molecule has 5 rings (SSSR count). The van der Waals surface area contributed by atoms with E-state index < -0.39 is 5.92 Å². The van der Waals surface area contributed by atoms with Gasteiger partial charge in [-0.2, -0.15) is 20.3 Å². The monoisotopic (exact) mass is 645 g/mol. The van der Waals surface area contributed by atoms with E-state index in [2.05, 4.69) is 37.9 Å². The van der Waals surface area contributed by atoms with Crippen LogP contribution < -0.4 is 19.9 Å². The number of nitrogens with two attached hydrogens (primary N) is 1. The van der Waals surface area contributed by atoms with Crippen LogP contribution >= 0.6 is 31.9 Å². The van der Waals surface area contributed by atoms with Crippen molar-refractivity contribution in [1.82, 2.24) is 9.78 Å². The molecule has 0 spiro atoms. The normalized spacial score (nSPS) is 14.1.